The van der Waals surface area contributed by atoms with Crippen molar-refractivity contribution in [2.45, 2.75) is 45.2 Å². The van der Waals surface area contributed by atoms with Gasteiger partial charge in [-0.05, 0) is 45.8 Å². The Kier molecular flexibility index (Phi) is 5.86. The molecular formula is C17H28N2O. The Hall–Kier alpha value is -1.06. The summed E-state index contributed by atoms with van der Waals surface area (Å²) < 4.78 is 5.78. The number of benzene rings is 1. The van der Waals surface area contributed by atoms with E-state index in [2.05, 4.69) is 35.3 Å². The van der Waals surface area contributed by atoms with Gasteiger partial charge in [-0.2, -0.15) is 0 Å². The molecule has 0 radical (unpaired) electrons. The Balaban J connectivity index is 2.11. The molecule has 0 saturated carbocycles. The van der Waals surface area contributed by atoms with Crippen LogP contribution < -0.4 is 10.1 Å². The Morgan fingerprint density at radius 3 is 2.85 bits per heavy atom. The van der Waals surface area contributed by atoms with Crippen LogP contribution in [0.3, 0.4) is 0 Å². The Morgan fingerprint density at radius 1 is 1.35 bits per heavy atom. The summed E-state index contributed by atoms with van der Waals surface area (Å²) in [6.45, 7) is 7.35. The molecule has 0 aromatic heterocycles. The van der Waals surface area contributed by atoms with Gasteiger partial charge in [-0.25, -0.2) is 0 Å². The first-order valence-corrected chi connectivity index (χ1v) is 7.93. The first-order chi connectivity index (χ1) is 9.80. The number of ether oxygens (including phenoxy) is 1. The van der Waals surface area contributed by atoms with Crippen LogP contribution in [0.25, 0.3) is 0 Å². The maximum Gasteiger partial charge on any atom is 0.124 e. The van der Waals surface area contributed by atoms with Crippen molar-refractivity contribution < 1.29 is 4.74 Å². The summed E-state index contributed by atoms with van der Waals surface area (Å²) in [4.78, 5) is 2.63. The molecule has 1 aliphatic heterocycles. The third-order valence-electron chi connectivity index (χ3n) is 4.33. The average molecular weight is 276 g/mol. The van der Waals surface area contributed by atoms with E-state index in [-0.39, 0.29) is 0 Å². The molecule has 20 heavy (non-hydrogen) atoms. The third-order valence-corrected chi connectivity index (χ3v) is 4.33. The Bertz CT molecular complexity index is 408. The Labute approximate surface area is 123 Å². The van der Waals surface area contributed by atoms with Crippen molar-refractivity contribution in [2.24, 2.45) is 0 Å². The molecule has 0 aliphatic carbocycles. The monoisotopic (exact) mass is 276 g/mol. The van der Waals surface area contributed by atoms with E-state index in [1.54, 1.807) is 0 Å². The van der Waals surface area contributed by atoms with E-state index < -0.39 is 0 Å². The summed E-state index contributed by atoms with van der Waals surface area (Å²) in [6.07, 6.45) is 3.94. The highest BCUT2D eigenvalue weighted by molar-refractivity contribution is 5.36. The lowest BCUT2D eigenvalue weighted by Gasteiger charge is -2.29. The van der Waals surface area contributed by atoms with Crippen LogP contribution >= 0.6 is 0 Å². The summed E-state index contributed by atoms with van der Waals surface area (Å²) in [5.74, 6) is 1.02. The number of nitrogens with one attached hydrogen (secondary N) is 1. The molecule has 1 heterocycles. The molecule has 112 valence electrons. The second kappa shape index (κ2) is 7.65. The highest BCUT2D eigenvalue weighted by Gasteiger charge is 2.26. The smallest absolute Gasteiger partial charge is 0.124 e. The molecule has 2 unspecified atom stereocenters. The third kappa shape index (κ3) is 3.53. The first-order valence-electron chi connectivity index (χ1n) is 7.93. The summed E-state index contributed by atoms with van der Waals surface area (Å²) in [6, 6.07) is 9.50. The van der Waals surface area contributed by atoms with Gasteiger partial charge < -0.3 is 10.1 Å². The summed E-state index contributed by atoms with van der Waals surface area (Å²) in [5.41, 5.74) is 1.28. The van der Waals surface area contributed by atoms with E-state index in [0.717, 1.165) is 24.9 Å². The van der Waals surface area contributed by atoms with Gasteiger partial charge >= 0.3 is 0 Å². The topological polar surface area (TPSA) is 24.5 Å². The van der Waals surface area contributed by atoms with Gasteiger partial charge in [-0.3, -0.25) is 4.90 Å². The SMILES string of the molecule is CCOc1ccccc1C(CN1CCCC1CC)NC. The van der Waals surface area contributed by atoms with Crippen LogP contribution in [0, 0.1) is 0 Å². The van der Waals surface area contributed by atoms with Crippen LogP contribution in [0.1, 0.15) is 44.7 Å². The lowest BCUT2D eigenvalue weighted by atomic mass is 10.0. The molecule has 1 fully saturated rings. The molecule has 1 saturated heterocycles. The molecule has 1 N–H and O–H groups in total. The average Bonchev–Trinajstić information content (AvgIpc) is 2.93. The lowest BCUT2D eigenvalue weighted by molar-refractivity contribution is 0.221. The van der Waals surface area contributed by atoms with Gasteiger partial charge in [0.1, 0.15) is 5.75 Å². The minimum Gasteiger partial charge on any atom is -0.494 e. The van der Waals surface area contributed by atoms with E-state index in [0.29, 0.717) is 6.04 Å². The zero-order chi connectivity index (χ0) is 14.4. The number of para-hydroxylation sites is 1. The maximum atomic E-state index is 5.78. The summed E-state index contributed by atoms with van der Waals surface area (Å²) in [7, 11) is 2.05. The number of rotatable bonds is 7. The van der Waals surface area contributed by atoms with Crippen molar-refractivity contribution in [3.63, 3.8) is 0 Å². The van der Waals surface area contributed by atoms with Gasteiger partial charge in [0.25, 0.3) is 0 Å². The highest BCUT2D eigenvalue weighted by atomic mass is 16.5. The zero-order valence-corrected chi connectivity index (χ0v) is 13.1. The van der Waals surface area contributed by atoms with E-state index in [1.165, 1.54) is 31.4 Å². The predicted octanol–water partition coefficient (Wildman–Crippen LogP) is 3.22. The fraction of sp³-hybridized carbons (Fsp3) is 0.647. The van der Waals surface area contributed by atoms with Crippen LogP contribution in [-0.2, 0) is 0 Å². The lowest BCUT2D eigenvalue weighted by Crippen LogP contribution is -2.37. The molecule has 3 nitrogen and oxygen atoms in total. The van der Waals surface area contributed by atoms with E-state index in [1.807, 2.05) is 20.0 Å². The van der Waals surface area contributed by atoms with E-state index in [9.17, 15) is 0 Å². The van der Waals surface area contributed by atoms with Crippen LogP contribution in [-0.4, -0.2) is 37.7 Å². The maximum absolute atomic E-state index is 5.78. The number of likely N-dealkylation sites (N-methyl/N-ethyl adjacent to an activating group) is 1. The molecule has 0 spiro atoms. The van der Waals surface area contributed by atoms with Crippen molar-refractivity contribution in [3.8, 4) is 5.75 Å². The molecule has 1 aliphatic rings. The van der Waals surface area contributed by atoms with Gasteiger partial charge in [0.15, 0.2) is 0 Å². The van der Waals surface area contributed by atoms with Crippen molar-refractivity contribution in [3.05, 3.63) is 29.8 Å². The van der Waals surface area contributed by atoms with Crippen molar-refractivity contribution in [1.82, 2.24) is 10.2 Å². The van der Waals surface area contributed by atoms with E-state index >= 15 is 0 Å². The van der Waals surface area contributed by atoms with Gasteiger partial charge in [-0.15, -0.1) is 0 Å². The molecule has 0 amide bonds. The van der Waals surface area contributed by atoms with Crippen molar-refractivity contribution in [2.75, 3.05) is 26.7 Å². The van der Waals surface area contributed by atoms with Gasteiger partial charge in [0.05, 0.1) is 6.61 Å². The fourth-order valence-corrected chi connectivity index (χ4v) is 3.23. The molecule has 2 atom stereocenters. The molecule has 1 aromatic rings. The predicted molar refractivity (Wildman–Crippen MR) is 84.3 cm³/mol. The minimum absolute atomic E-state index is 0.338. The minimum atomic E-state index is 0.338. The summed E-state index contributed by atoms with van der Waals surface area (Å²) >= 11 is 0. The van der Waals surface area contributed by atoms with Crippen LogP contribution in [0.4, 0.5) is 0 Å². The number of hydrogen-bond donors (Lipinski definition) is 1. The van der Waals surface area contributed by atoms with Crippen molar-refractivity contribution >= 4 is 0 Å². The van der Waals surface area contributed by atoms with E-state index in [4.69, 9.17) is 4.74 Å². The zero-order valence-electron chi connectivity index (χ0n) is 13.1. The fourth-order valence-electron chi connectivity index (χ4n) is 3.23. The second-order valence-corrected chi connectivity index (χ2v) is 5.51. The van der Waals surface area contributed by atoms with Gasteiger partial charge in [0, 0.05) is 24.2 Å². The molecule has 0 bridgehead atoms. The van der Waals surface area contributed by atoms with Crippen molar-refractivity contribution in [1.29, 1.82) is 0 Å². The number of nitrogens with zero attached hydrogens (tertiary/aromatic N) is 1. The number of hydrogen-bond acceptors (Lipinski definition) is 3. The Morgan fingerprint density at radius 2 is 2.15 bits per heavy atom. The summed E-state index contributed by atoms with van der Waals surface area (Å²) in [5, 5.41) is 3.47. The van der Waals surface area contributed by atoms with Gasteiger partial charge in [0.2, 0.25) is 0 Å². The molecule has 3 heteroatoms. The molecule has 2 rings (SSSR count). The molecule has 1 aromatic carbocycles. The van der Waals surface area contributed by atoms with Gasteiger partial charge in [-0.1, -0.05) is 25.1 Å². The number of likely N-dealkylation sites (tertiary alicyclic amines) is 1. The van der Waals surface area contributed by atoms with Crippen LogP contribution in [0.15, 0.2) is 24.3 Å². The highest BCUT2D eigenvalue weighted by Crippen LogP contribution is 2.28. The second-order valence-electron chi connectivity index (χ2n) is 5.51. The standard InChI is InChI=1S/C17H28N2O/c1-4-14-9-8-12-19(14)13-16(18-3)15-10-6-7-11-17(15)20-5-2/h6-7,10-11,14,16,18H,4-5,8-9,12-13H2,1-3H3. The molecular weight excluding hydrogens is 248 g/mol. The van der Waals surface area contributed by atoms with Crippen LogP contribution in [0.2, 0.25) is 0 Å². The normalized spacial score (nSPS) is 21.1. The van der Waals surface area contributed by atoms with Crippen LogP contribution in [0.5, 0.6) is 5.75 Å². The first kappa shape index (κ1) is 15.3. The quantitative estimate of drug-likeness (QED) is 0.827. The largest absolute Gasteiger partial charge is 0.494 e.